The summed E-state index contributed by atoms with van der Waals surface area (Å²) in [5.74, 6) is 0. The van der Waals surface area contributed by atoms with Crippen LogP contribution in [0.25, 0.3) is 0 Å². The van der Waals surface area contributed by atoms with E-state index in [-0.39, 0.29) is 6.10 Å². The summed E-state index contributed by atoms with van der Waals surface area (Å²) in [6.07, 6.45) is 9.22. The van der Waals surface area contributed by atoms with Crippen LogP contribution in [0.2, 0.25) is 0 Å². The highest BCUT2D eigenvalue weighted by Crippen LogP contribution is 1.98. The van der Waals surface area contributed by atoms with Gasteiger partial charge in [-0.2, -0.15) is 0 Å². The Morgan fingerprint density at radius 1 is 1.21 bits per heavy atom. The molecule has 0 spiro atoms. The van der Waals surface area contributed by atoms with Crippen molar-refractivity contribution in [3.05, 3.63) is 12.2 Å². The Labute approximate surface area is 88.0 Å². The molecule has 0 bridgehead atoms. The van der Waals surface area contributed by atoms with Crippen molar-refractivity contribution in [3.63, 3.8) is 0 Å². The highest BCUT2D eigenvalue weighted by Gasteiger charge is 1.94. The van der Waals surface area contributed by atoms with Crippen LogP contribution in [0.3, 0.4) is 0 Å². The predicted octanol–water partition coefficient (Wildman–Crippen LogP) is 3.10. The van der Waals surface area contributed by atoms with Gasteiger partial charge in [0.05, 0.1) is 6.10 Å². The van der Waals surface area contributed by atoms with Crippen molar-refractivity contribution < 1.29 is 9.90 Å². The van der Waals surface area contributed by atoms with E-state index in [2.05, 4.69) is 6.92 Å². The molecule has 0 heterocycles. The SMILES string of the molecule is CC/C=C\CC=O.CCCC(O)CC. The van der Waals surface area contributed by atoms with E-state index in [1.165, 1.54) is 0 Å². The van der Waals surface area contributed by atoms with Crippen molar-refractivity contribution in [2.24, 2.45) is 0 Å². The third-order valence-electron chi connectivity index (χ3n) is 1.73. The average molecular weight is 200 g/mol. The first-order valence-corrected chi connectivity index (χ1v) is 5.49. The maximum Gasteiger partial charge on any atom is 0.123 e. The third kappa shape index (κ3) is 17.5. The van der Waals surface area contributed by atoms with E-state index in [0.29, 0.717) is 6.42 Å². The zero-order chi connectivity index (χ0) is 11.2. The van der Waals surface area contributed by atoms with Gasteiger partial charge < -0.3 is 9.90 Å². The maximum absolute atomic E-state index is 9.63. The molecule has 0 aromatic heterocycles. The second-order valence-corrected chi connectivity index (χ2v) is 3.13. The van der Waals surface area contributed by atoms with E-state index < -0.39 is 0 Å². The fraction of sp³-hybridized carbons (Fsp3) is 0.750. The summed E-state index contributed by atoms with van der Waals surface area (Å²) in [5.41, 5.74) is 0. The Hall–Kier alpha value is -0.630. The molecule has 14 heavy (non-hydrogen) atoms. The van der Waals surface area contributed by atoms with Crippen LogP contribution in [0, 0.1) is 0 Å². The topological polar surface area (TPSA) is 37.3 Å². The normalized spacial score (nSPS) is 12.0. The number of carbonyl (C=O) groups excluding carboxylic acids is 1. The first kappa shape index (κ1) is 15.8. The van der Waals surface area contributed by atoms with Crippen LogP contribution in [-0.2, 0) is 4.79 Å². The van der Waals surface area contributed by atoms with Crippen molar-refractivity contribution in [2.75, 3.05) is 0 Å². The minimum atomic E-state index is -0.0509. The molecule has 0 aromatic rings. The lowest BCUT2D eigenvalue weighted by Gasteiger charge is -2.01. The summed E-state index contributed by atoms with van der Waals surface area (Å²) >= 11 is 0. The van der Waals surface area contributed by atoms with Crippen LogP contribution in [0.15, 0.2) is 12.2 Å². The van der Waals surface area contributed by atoms with Crippen LogP contribution >= 0.6 is 0 Å². The number of allylic oxidation sites excluding steroid dienone is 2. The molecular formula is C12H24O2. The molecule has 0 aromatic carbocycles. The van der Waals surface area contributed by atoms with Crippen LogP contribution < -0.4 is 0 Å². The van der Waals surface area contributed by atoms with E-state index in [0.717, 1.165) is 32.0 Å². The molecule has 1 N–H and O–H groups in total. The fourth-order valence-electron chi connectivity index (χ4n) is 0.856. The maximum atomic E-state index is 9.63. The lowest BCUT2D eigenvalue weighted by Crippen LogP contribution is -2.01. The van der Waals surface area contributed by atoms with Crippen LogP contribution in [0.1, 0.15) is 52.9 Å². The minimum Gasteiger partial charge on any atom is -0.393 e. The Bertz CT molecular complexity index is 130. The van der Waals surface area contributed by atoms with Crippen LogP contribution in [-0.4, -0.2) is 17.5 Å². The second-order valence-electron chi connectivity index (χ2n) is 3.13. The van der Waals surface area contributed by atoms with Gasteiger partial charge in [0.25, 0.3) is 0 Å². The standard InChI is InChI=1S/C6H14O.C6H10O/c1-3-5-6(7)4-2;1-2-3-4-5-6-7/h6-7H,3-5H2,1-2H3;3-4,6H,2,5H2,1H3/b;4-3-. The monoisotopic (exact) mass is 200 g/mol. The predicted molar refractivity (Wildman–Crippen MR) is 61.3 cm³/mol. The molecule has 0 aliphatic carbocycles. The van der Waals surface area contributed by atoms with E-state index in [4.69, 9.17) is 5.11 Å². The molecule has 2 nitrogen and oxygen atoms in total. The molecule has 0 saturated heterocycles. The first-order chi connectivity index (χ1) is 6.72. The fourth-order valence-corrected chi connectivity index (χ4v) is 0.856. The van der Waals surface area contributed by atoms with Crippen molar-refractivity contribution >= 4 is 6.29 Å². The van der Waals surface area contributed by atoms with Gasteiger partial charge in [0.2, 0.25) is 0 Å². The summed E-state index contributed by atoms with van der Waals surface area (Å²) in [4.78, 5) is 9.63. The number of rotatable bonds is 6. The lowest BCUT2D eigenvalue weighted by atomic mass is 10.2. The zero-order valence-corrected chi connectivity index (χ0v) is 9.70. The Kier molecular flexibility index (Phi) is 16.8. The molecule has 0 fully saturated rings. The summed E-state index contributed by atoms with van der Waals surface area (Å²) in [6, 6.07) is 0. The highest BCUT2D eigenvalue weighted by molar-refractivity contribution is 5.51. The number of hydrogen-bond acceptors (Lipinski definition) is 2. The smallest absolute Gasteiger partial charge is 0.123 e. The van der Waals surface area contributed by atoms with Gasteiger partial charge in [-0.3, -0.25) is 0 Å². The van der Waals surface area contributed by atoms with Gasteiger partial charge in [0.15, 0.2) is 0 Å². The summed E-state index contributed by atoms with van der Waals surface area (Å²) in [7, 11) is 0. The van der Waals surface area contributed by atoms with Crippen molar-refractivity contribution in [1.82, 2.24) is 0 Å². The highest BCUT2D eigenvalue weighted by atomic mass is 16.3. The van der Waals surface area contributed by atoms with Crippen molar-refractivity contribution in [3.8, 4) is 0 Å². The largest absolute Gasteiger partial charge is 0.393 e. The number of carbonyl (C=O) groups is 1. The van der Waals surface area contributed by atoms with Gasteiger partial charge >= 0.3 is 0 Å². The third-order valence-corrected chi connectivity index (χ3v) is 1.73. The molecule has 0 saturated carbocycles. The molecule has 0 aliphatic heterocycles. The molecule has 1 atom stereocenters. The minimum absolute atomic E-state index is 0.0509. The van der Waals surface area contributed by atoms with E-state index in [9.17, 15) is 4.79 Å². The molecule has 0 aliphatic rings. The van der Waals surface area contributed by atoms with E-state index >= 15 is 0 Å². The van der Waals surface area contributed by atoms with Gasteiger partial charge in [-0.15, -0.1) is 0 Å². The Balaban J connectivity index is 0. The number of hydrogen-bond donors (Lipinski definition) is 1. The average Bonchev–Trinajstić information content (AvgIpc) is 2.20. The second kappa shape index (κ2) is 14.9. The van der Waals surface area contributed by atoms with Gasteiger partial charge in [0.1, 0.15) is 6.29 Å². The summed E-state index contributed by atoms with van der Waals surface area (Å²) in [5, 5.41) is 8.86. The molecule has 0 amide bonds. The van der Waals surface area contributed by atoms with Gasteiger partial charge in [0, 0.05) is 6.42 Å². The van der Waals surface area contributed by atoms with E-state index in [1.54, 1.807) is 0 Å². The van der Waals surface area contributed by atoms with Gasteiger partial charge in [-0.05, 0) is 19.3 Å². The van der Waals surface area contributed by atoms with Crippen LogP contribution in [0.5, 0.6) is 0 Å². The Morgan fingerprint density at radius 2 is 1.86 bits per heavy atom. The molecule has 2 heteroatoms. The quantitative estimate of drug-likeness (QED) is 0.528. The molecule has 0 rings (SSSR count). The van der Waals surface area contributed by atoms with Crippen molar-refractivity contribution in [2.45, 2.75) is 59.0 Å². The molecular weight excluding hydrogens is 176 g/mol. The number of aldehydes is 1. The summed E-state index contributed by atoms with van der Waals surface area (Å²) in [6.45, 7) is 6.13. The van der Waals surface area contributed by atoms with Crippen molar-refractivity contribution in [1.29, 1.82) is 0 Å². The van der Waals surface area contributed by atoms with Gasteiger partial charge in [-0.25, -0.2) is 0 Å². The van der Waals surface area contributed by atoms with Crippen LogP contribution in [0.4, 0.5) is 0 Å². The van der Waals surface area contributed by atoms with Gasteiger partial charge in [-0.1, -0.05) is 39.3 Å². The zero-order valence-electron chi connectivity index (χ0n) is 9.70. The number of aliphatic hydroxyl groups excluding tert-OH is 1. The van der Waals surface area contributed by atoms with E-state index in [1.807, 2.05) is 26.0 Å². The Morgan fingerprint density at radius 3 is 2.14 bits per heavy atom. The molecule has 0 radical (unpaired) electrons. The lowest BCUT2D eigenvalue weighted by molar-refractivity contribution is -0.107. The molecule has 1 unspecified atom stereocenters. The first-order valence-electron chi connectivity index (χ1n) is 5.49. The molecule has 84 valence electrons. The number of aliphatic hydroxyl groups is 1. The summed E-state index contributed by atoms with van der Waals surface area (Å²) < 4.78 is 0.